The number of carbonyl (C=O) groups excluding carboxylic acids is 1. The number of benzene rings is 1. The number of likely N-dealkylation sites (tertiary alicyclic amines) is 1. The highest BCUT2D eigenvalue weighted by atomic mass is 16.2. The predicted molar refractivity (Wildman–Crippen MR) is 113 cm³/mol. The van der Waals surface area contributed by atoms with Crippen LogP contribution in [0.15, 0.2) is 36.5 Å². The first-order chi connectivity index (χ1) is 14.1. The first-order valence-electron chi connectivity index (χ1n) is 10.4. The van der Waals surface area contributed by atoms with Crippen molar-refractivity contribution >= 4 is 16.8 Å². The number of hydrogen-bond donors (Lipinski definition) is 1. The number of carbonyl (C=O) groups is 1. The Bertz CT molecular complexity index is 998. The number of rotatable bonds is 6. The molecule has 0 saturated carbocycles. The SMILES string of the molecule is Cc1c(C(=O)NCCCN2CCC[C@@H](C)C2)nnn1-c1ccc2ncccc2c1. The van der Waals surface area contributed by atoms with Crippen molar-refractivity contribution in [1.29, 1.82) is 0 Å². The van der Waals surface area contributed by atoms with Gasteiger partial charge in [0.25, 0.3) is 5.91 Å². The van der Waals surface area contributed by atoms with E-state index in [0.717, 1.165) is 41.2 Å². The first-order valence-corrected chi connectivity index (χ1v) is 10.4. The number of nitrogens with zero attached hydrogens (tertiary/aromatic N) is 5. The Morgan fingerprint density at radius 2 is 2.21 bits per heavy atom. The second kappa shape index (κ2) is 8.69. The number of aromatic nitrogens is 4. The van der Waals surface area contributed by atoms with E-state index < -0.39 is 0 Å². The average Bonchev–Trinajstić information content (AvgIpc) is 3.12. The van der Waals surface area contributed by atoms with Gasteiger partial charge in [0, 0.05) is 24.7 Å². The van der Waals surface area contributed by atoms with Gasteiger partial charge in [0.2, 0.25) is 0 Å². The fourth-order valence-corrected chi connectivity index (χ4v) is 4.06. The Morgan fingerprint density at radius 1 is 1.31 bits per heavy atom. The van der Waals surface area contributed by atoms with E-state index in [-0.39, 0.29) is 5.91 Å². The predicted octanol–water partition coefficient (Wildman–Crippen LogP) is 2.98. The summed E-state index contributed by atoms with van der Waals surface area (Å²) in [7, 11) is 0. The lowest BCUT2D eigenvalue weighted by Gasteiger charge is -2.30. The topological polar surface area (TPSA) is 75.9 Å². The summed E-state index contributed by atoms with van der Waals surface area (Å²) in [6.45, 7) is 8.21. The van der Waals surface area contributed by atoms with Crippen LogP contribution in [-0.4, -0.2) is 57.0 Å². The van der Waals surface area contributed by atoms with E-state index in [9.17, 15) is 4.79 Å². The van der Waals surface area contributed by atoms with E-state index >= 15 is 0 Å². The second-order valence-corrected chi connectivity index (χ2v) is 7.97. The molecule has 7 heteroatoms. The van der Waals surface area contributed by atoms with E-state index in [0.29, 0.717) is 12.2 Å². The van der Waals surface area contributed by atoms with Crippen molar-refractivity contribution in [3.8, 4) is 5.69 Å². The second-order valence-electron chi connectivity index (χ2n) is 7.97. The molecule has 152 valence electrons. The lowest BCUT2D eigenvalue weighted by Crippen LogP contribution is -2.36. The van der Waals surface area contributed by atoms with Gasteiger partial charge in [-0.15, -0.1) is 5.10 Å². The molecule has 1 aliphatic rings. The molecule has 3 heterocycles. The Labute approximate surface area is 171 Å². The van der Waals surface area contributed by atoms with E-state index in [2.05, 4.69) is 32.4 Å². The summed E-state index contributed by atoms with van der Waals surface area (Å²) in [5.74, 6) is 0.616. The van der Waals surface area contributed by atoms with Gasteiger partial charge in [-0.05, 0) is 69.5 Å². The Morgan fingerprint density at radius 3 is 3.07 bits per heavy atom. The quantitative estimate of drug-likeness (QED) is 0.653. The van der Waals surface area contributed by atoms with Crippen molar-refractivity contribution in [2.75, 3.05) is 26.2 Å². The minimum absolute atomic E-state index is 0.164. The molecule has 4 rings (SSSR count). The van der Waals surface area contributed by atoms with Crippen LogP contribution in [-0.2, 0) is 0 Å². The van der Waals surface area contributed by atoms with E-state index in [1.165, 1.54) is 25.9 Å². The molecule has 1 fully saturated rings. The summed E-state index contributed by atoms with van der Waals surface area (Å²) in [5.41, 5.74) is 2.90. The van der Waals surface area contributed by atoms with Gasteiger partial charge in [0.15, 0.2) is 5.69 Å². The fourth-order valence-electron chi connectivity index (χ4n) is 4.06. The summed E-state index contributed by atoms with van der Waals surface area (Å²) in [4.78, 5) is 19.4. The van der Waals surface area contributed by atoms with Crippen LogP contribution in [0, 0.1) is 12.8 Å². The molecule has 7 nitrogen and oxygen atoms in total. The molecule has 0 radical (unpaired) electrons. The maximum Gasteiger partial charge on any atom is 0.273 e. The summed E-state index contributed by atoms with van der Waals surface area (Å²) in [6, 6.07) is 9.81. The van der Waals surface area contributed by atoms with E-state index in [1.54, 1.807) is 10.9 Å². The standard InChI is InChI=1S/C22H28N6O/c1-16-6-4-12-27(15-16)13-5-11-24-22(29)21-17(2)28(26-25-21)19-8-9-20-18(14-19)7-3-10-23-20/h3,7-10,14,16H,4-6,11-13,15H2,1-2H3,(H,24,29)/t16-/m1/s1. The monoisotopic (exact) mass is 392 g/mol. The summed E-state index contributed by atoms with van der Waals surface area (Å²) in [6.07, 6.45) is 5.33. The molecule has 1 aromatic carbocycles. The number of fused-ring (bicyclic) bond motifs is 1. The molecule has 0 bridgehead atoms. The van der Waals surface area contributed by atoms with Crippen LogP contribution in [0.4, 0.5) is 0 Å². The summed E-state index contributed by atoms with van der Waals surface area (Å²) < 4.78 is 1.70. The first kappa shape index (κ1) is 19.5. The van der Waals surface area contributed by atoms with Crippen molar-refractivity contribution in [2.45, 2.75) is 33.1 Å². The van der Waals surface area contributed by atoms with Crippen LogP contribution >= 0.6 is 0 Å². The highest BCUT2D eigenvalue weighted by Gasteiger charge is 2.18. The van der Waals surface area contributed by atoms with Gasteiger partial charge in [-0.25, -0.2) is 4.68 Å². The maximum absolute atomic E-state index is 12.6. The Hall–Kier alpha value is -2.80. The Kier molecular flexibility index (Phi) is 5.85. The van der Waals surface area contributed by atoms with Crippen molar-refractivity contribution in [2.24, 2.45) is 5.92 Å². The molecular weight excluding hydrogens is 364 g/mol. The lowest BCUT2D eigenvalue weighted by molar-refractivity contribution is 0.0944. The van der Waals surface area contributed by atoms with Gasteiger partial charge in [-0.3, -0.25) is 9.78 Å². The maximum atomic E-state index is 12.6. The zero-order valence-electron chi connectivity index (χ0n) is 17.1. The van der Waals surface area contributed by atoms with Crippen molar-refractivity contribution in [3.05, 3.63) is 47.9 Å². The highest BCUT2D eigenvalue weighted by Crippen LogP contribution is 2.18. The lowest BCUT2D eigenvalue weighted by atomic mass is 10.0. The van der Waals surface area contributed by atoms with Crippen molar-refractivity contribution in [3.63, 3.8) is 0 Å². The summed E-state index contributed by atoms with van der Waals surface area (Å²) >= 11 is 0. The summed E-state index contributed by atoms with van der Waals surface area (Å²) in [5, 5.41) is 12.3. The fraction of sp³-hybridized carbons (Fsp3) is 0.455. The molecule has 1 atom stereocenters. The number of hydrogen-bond acceptors (Lipinski definition) is 5. The normalized spacial score (nSPS) is 17.5. The van der Waals surface area contributed by atoms with Crippen LogP contribution in [0.25, 0.3) is 16.6 Å². The van der Waals surface area contributed by atoms with Crippen LogP contribution in [0.5, 0.6) is 0 Å². The molecule has 2 aromatic heterocycles. The van der Waals surface area contributed by atoms with Gasteiger partial charge in [0.1, 0.15) is 0 Å². The van der Waals surface area contributed by atoms with Crippen LogP contribution in [0.3, 0.4) is 0 Å². The van der Waals surface area contributed by atoms with Crippen molar-refractivity contribution in [1.82, 2.24) is 30.2 Å². The minimum atomic E-state index is -0.164. The van der Waals surface area contributed by atoms with Gasteiger partial charge in [-0.2, -0.15) is 0 Å². The molecule has 1 aliphatic heterocycles. The van der Waals surface area contributed by atoms with Crippen molar-refractivity contribution < 1.29 is 4.79 Å². The van der Waals surface area contributed by atoms with Gasteiger partial charge < -0.3 is 10.2 Å². The van der Waals surface area contributed by atoms with Gasteiger partial charge in [-0.1, -0.05) is 18.2 Å². The zero-order valence-corrected chi connectivity index (χ0v) is 17.1. The molecule has 3 aromatic rings. The molecule has 29 heavy (non-hydrogen) atoms. The third-order valence-corrected chi connectivity index (χ3v) is 5.62. The van der Waals surface area contributed by atoms with Crippen LogP contribution in [0.2, 0.25) is 0 Å². The molecule has 1 saturated heterocycles. The smallest absolute Gasteiger partial charge is 0.273 e. The van der Waals surface area contributed by atoms with Gasteiger partial charge >= 0.3 is 0 Å². The van der Waals surface area contributed by atoms with Gasteiger partial charge in [0.05, 0.1) is 16.9 Å². The molecule has 0 spiro atoms. The number of amides is 1. The third-order valence-electron chi connectivity index (χ3n) is 5.62. The molecule has 1 N–H and O–H groups in total. The largest absolute Gasteiger partial charge is 0.351 e. The van der Waals surface area contributed by atoms with Crippen LogP contribution < -0.4 is 5.32 Å². The molecule has 0 unspecified atom stereocenters. The van der Waals surface area contributed by atoms with Crippen LogP contribution in [0.1, 0.15) is 42.4 Å². The zero-order chi connectivity index (χ0) is 20.2. The Balaban J connectivity index is 1.36. The highest BCUT2D eigenvalue weighted by molar-refractivity contribution is 5.93. The molecule has 0 aliphatic carbocycles. The minimum Gasteiger partial charge on any atom is -0.351 e. The molecular formula is C22H28N6O. The third kappa shape index (κ3) is 4.45. The van der Waals surface area contributed by atoms with E-state index in [4.69, 9.17) is 0 Å². The number of nitrogens with one attached hydrogen (secondary N) is 1. The molecule has 1 amide bonds. The average molecular weight is 393 g/mol. The number of piperidine rings is 1. The van der Waals surface area contributed by atoms with E-state index in [1.807, 2.05) is 37.3 Å². The number of pyridine rings is 1.